The molecule has 1 atom stereocenters. The summed E-state index contributed by atoms with van der Waals surface area (Å²) in [5, 5.41) is 3.05. The molecule has 2 aromatic heterocycles. The summed E-state index contributed by atoms with van der Waals surface area (Å²) >= 11 is 1.08. The molecule has 0 aliphatic carbocycles. The molecule has 1 amide bonds. The van der Waals surface area contributed by atoms with Gasteiger partial charge in [-0.3, -0.25) is 9.59 Å². The Balaban J connectivity index is 1.78. The number of thiophene rings is 1. The molecular weight excluding hydrogens is 354 g/mol. The number of aromatic amines is 1. The molecule has 0 aliphatic heterocycles. The van der Waals surface area contributed by atoms with E-state index in [9.17, 15) is 14.4 Å². The van der Waals surface area contributed by atoms with Gasteiger partial charge in [0.2, 0.25) is 0 Å². The van der Waals surface area contributed by atoms with Gasteiger partial charge in [-0.1, -0.05) is 18.2 Å². The van der Waals surface area contributed by atoms with Crippen LogP contribution < -0.4 is 10.9 Å². The number of aromatic nitrogens is 2. The molecule has 0 saturated carbocycles. The first-order valence-corrected chi connectivity index (χ1v) is 8.75. The van der Waals surface area contributed by atoms with Crippen LogP contribution in [0.15, 0.2) is 35.1 Å². The smallest absolute Gasteiger partial charge is 0.349 e. The molecule has 1 aromatic carbocycles. The lowest BCUT2D eigenvalue weighted by atomic mass is 10.2. The standard InChI is InChI=1S/C18H17N3O4S/c1-9-13-16(23)19-11(3)20-17(13)26-14(9)18(24)25-10(2)15(22)21-12-7-5-4-6-8-12/h4-8,10H,1-3H3,(H,21,22)(H,19,20,23)/t10-/m0/s1. The zero-order valence-electron chi connectivity index (χ0n) is 14.5. The molecule has 7 nitrogen and oxygen atoms in total. The van der Waals surface area contributed by atoms with Gasteiger partial charge in [0.15, 0.2) is 6.10 Å². The topological polar surface area (TPSA) is 101 Å². The normalized spacial score (nSPS) is 12.0. The van der Waals surface area contributed by atoms with Crippen molar-refractivity contribution in [2.75, 3.05) is 5.32 Å². The zero-order chi connectivity index (χ0) is 18.8. The lowest BCUT2D eigenvalue weighted by Gasteiger charge is -2.13. The van der Waals surface area contributed by atoms with E-state index in [1.165, 1.54) is 6.92 Å². The van der Waals surface area contributed by atoms with E-state index in [0.717, 1.165) is 11.3 Å². The quantitative estimate of drug-likeness (QED) is 0.687. The Morgan fingerprint density at radius 3 is 2.62 bits per heavy atom. The summed E-state index contributed by atoms with van der Waals surface area (Å²) in [6.07, 6.45) is -0.986. The molecule has 3 rings (SSSR count). The van der Waals surface area contributed by atoms with Crippen molar-refractivity contribution < 1.29 is 14.3 Å². The molecule has 0 unspecified atom stereocenters. The Morgan fingerprint density at radius 2 is 1.92 bits per heavy atom. The Morgan fingerprint density at radius 1 is 1.23 bits per heavy atom. The first-order valence-electron chi connectivity index (χ1n) is 7.93. The van der Waals surface area contributed by atoms with Crippen LogP contribution in [0.3, 0.4) is 0 Å². The monoisotopic (exact) mass is 371 g/mol. The maximum Gasteiger partial charge on any atom is 0.349 e. The van der Waals surface area contributed by atoms with Gasteiger partial charge in [0.1, 0.15) is 15.5 Å². The number of carbonyl (C=O) groups excluding carboxylic acids is 2. The predicted octanol–water partition coefficient (Wildman–Crippen LogP) is 2.79. The van der Waals surface area contributed by atoms with Crippen molar-refractivity contribution in [2.24, 2.45) is 0 Å². The molecule has 3 aromatic rings. The number of anilines is 1. The molecule has 0 bridgehead atoms. The summed E-state index contributed by atoms with van der Waals surface area (Å²) in [5.74, 6) is -0.618. The van der Waals surface area contributed by atoms with Gasteiger partial charge in [0.05, 0.1) is 5.39 Å². The summed E-state index contributed by atoms with van der Waals surface area (Å²) < 4.78 is 5.27. The van der Waals surface area contributed by atoms with E-state index >= 15 is 0 Å². The molecule has 134 valence electrons. The van der Waals surface area contributed by atoms with Crippen LogP contribution in [0, 0.1) is 13.8 Å². The van der Waals surface area contributed by atoms with Gasteiger partial charge in [-0.15, -0.1) is 11.3 Å². The van der Waals surface area contributed by atoms with Crippen LogP contribution in [0.25, 0.3) is 10.2 Å². The highest BCUT2D eigenvalue weighted by Gasteiger charge is 2.24. The zero-order valence-corrected chi connectivity index (χ0v) is 15.3. The highest BCUT2D eigenvalue weighted by atomic mass is 32.1. The van der Waals surface area contributed by atoms with Crippen molar-refractivity contribution >= 4 is 39.1 Å². The second-order valence-electron chi connectivity index (χ2n) is 5.79. The molecule has 0 aliphatic rings. The number of H-pyrrole nitrogens is 1. The van der Waals surface area contributed by atoms with Crippen LogP contribution in [0.1, 0.15) is 28.0 Å². The third kappa shape index (κ3) is 3.50. The maximum absolute atomic E-state index is 12.5. The molecule has 26 heavy (non-hydrogen) atoms. The maximum atomic E-state index is 12.5. The summed E-state index contributed by atoms with van der Waals surface area (Å²) in [7, 11) is 0. The number of aryl methyl sites for hydroxylation is 2. The van der Waals surface area contributed by atoms with Crippen LogP contribution in [-0.4, -0.2) is 27.9 Å². The number of nitrogens with one attached hydrogen (secondary N) is 2. The van der Waals surface area contributed by atoms with E-state index in [0.29, 0.717) is 27.3 Å². The van der Waals surface area contributed by atoms with E-state index in [1.807, 2.05) is 6.07 Å². The Kier molecular flexibility index (Phi) is 4.85. The number of benzene rings is 1. The van der Waals surface area contributed by atoms with Gasteiger partial charge in [0.25, 0.3) is 11.5 Å². The number of carbonyl (C=O) groups is 2. The molecule has 0 spiro atoms. The van der Waals surface area contributed by atoms with Crippen molar-refractivity contribution in [2.45, 2.75) is 26.9 Å². The minimum Gasteiger partial charge on any atom is -0.448 e. The Hall–Kier alpha value is -3.00. The number of nitrogens with zero attached hydrogens (tertiary/aromatic N) is 1. The molecule has 8 heteroatoms. The van der Waals surface area contributed by atoms with Crippen molar-refractivity contribution in [3.8, 4) is 0 Å². The number of fused-ring (bicyclic) bond motifs is 1. The first-order chi connectivity index (χ1) is 12.4. The van der Waals surface area contributed by atoms with Crippen LogP contribution >= 0.6 is 11.3 Å². The molecular formula is C18H17N3O4S. The van der Waals surface area contributed by atoms with Gasteiger partial charge >= 0.3 is 5.97 Å². The minimum absolute atomic E-state index is 0.267. The highest BCUT2D eigenvalue weighted by Crippen LogP contribution is 2.27. The SMILES string of the molecule is Cc1nc2sc(C(=O)O[C@@H](C)C(=O)Nc3ccccc3)c(C)c2c(=O)[nH]1. The molecule has 0 fully saturated rings. The van der Waals surface area contributed by atoms with E-state index < -0.39 is 18.0 Å². The van der Waals surface area contributed by atoms with Gasteiger partial charge in [-0.25, -0.2) is 9.78 Å². The third-order valence-corrected chi connectivity index (χ3v) is 4.96. The number of hydrogen-bond donors (Lipinski definition) is 2. The van der Waals surface area contributed by atoms with Gasteiger partial charge in [0, 0.05) is 5.69 Å². The van der Waals surface area contributed by atoms with Crippen molar-refractivity contribution in [3.05, 3.63) is 57.0 Å². The van der Waals surface area contributed by atoms with Crippen LogP contribution in [0.2, 0.25) is 0 Å². The van der Waals surface area contributed by atoms with E-state index in [1.54, 1.807) is 38.1 Å². The fourth-order valence-corrected chi connectivity index (χ4v) is 3.59. The summed E-state index contributed by atoms with van der Waals surface area (Å²) in [6.45, 7) is 4.83. The Bertz CT molecular complexity index is 1040. The minimum atomic E-state index is -0.986. The fourth-order valence-electron chi connectivity index (χ4n) is 2.48. The number of amides is 1. The van der Waals surface area contributed by atoms with Gasteiger partial charge in [-0.2, -0.15) is 0 Å². The molecule has 0 saturated heterocycles. The summed E-state index contributed by atoms with van der Waals surface area (Å²) in [4.78, 5) is 44.3. The number of hydrogen-bond acceptors (Lipinski definition) is 6. The van der Waals surface area contributed by atoms with Gasteiger partial charge in [-0.05, 0) is 38.5 Å². The van der Waals surface area contributed by atoms with Crippen LogP contribution in [-0.2, 0) is 9.53 Å². The first kappa shape index (κ1) is 17.8. The Labute approximate surface area is 153 Å². The average molecular weight is 371 g/mol. The van der Waals surface area contributed by atoms with Crippen LogP contribution in [0.4, 0.5) is 5.69 Å². The summed E-state index contributed by atoms with van der Waals surface area (Å²) in [6, 6.07) is 8.89. The van der Waals surface area contributed by atoms with Crippen LogP contribution in [0.5, 0.6) is 0 Å². The molecule has 2 N–H and O–H groups in total. The van der Waals surface area contributed by atoms with E-state index in [-0.39, 0.29) is 10.4 Å². The predicted molar refractivity (Wildman–Crippen MR) is 99.7 cm³/mol. The second kappa shape index (κ2) is 7.09. The average Bonchev–Trinajstić information content (AvgIpc) is 2.92. The van der Waals surface area contributed by atoms with Crippen molar-refractivity contribution in [1.29, 1.82) is 0 Å². The summed E-state index contributed by atoms with van der Waals surface area (Å²) in [5.41, 5.74) is 0.819. The molecule has 0 radical (unpaired) electrons. The number of para-hydroxylation sites is 1. The lowest BCUT2D eigenvalue weighted by molar-refractivity contribution is -0.123. The van der Waals surface area contributed by atoms with E-state index in [4.69, 9.17) is 4.74 Å². The fraction of sp³-hybridized carbons (Fsp3) is 0.222. The molecule has 2 heterocycles. The highest BCUT2D eigenvalue weighted by molar-refractivity contribution is 7.20. The number of rotatable bonds is 4. The second-order valence-corrected chi connectivity index (χ2v) is 6.79. The lowest BCUT2D eigenvalue weighted by Crippen LogP contribution is -2.29. The van der Waals surface area contributed by atoms with E-state index in [2.05, 4.69) is 15.3 Å². The van der Waals surface area contributed by atoms with Crippen molar-refractivity contribution in [3.63, 3.8) is 0 Å². The largest absolute Gasteiger partial charge is 0.448 e. The van der Waals surface area contributed by atoms with Gasteiger partial charge < -0.3 is 15.0 Å². The third-order valence-electron chi connectivity index (χ3n) is 3.80. The number of ether oxygens (including phenoxy) is 1. The number of esters is 1. The van der Waals surface area contributed by atoms with Crippen molar-refractivity contribution in [1.82, 2.24) is 9.97 Å².